The second kappa shape index (κ2) is 7.15. The molecule has 3 heterocycles. The minimum Gasteiger partial charge on any atom is -0.481 e. The molecule has 0 bridgehead atoms. The number of carbonyl (C=O) groups excluding carboxylic acids is 1. The van der Waals surface area contributed by atoms with E-state index in [4.69, 9.17) is 9.47 Å². The maximum atomic E-state index is 12.8. The van der Waals surface area contributed by atoms with E-state index in [1.807, 2.05) is 6.07 Å². The molecule has 1 aromatic rings. The molecule has 0 unspecified atom stereocenters. The van der Waals surface area contributed by atoms with E-state index in [-0.39, 0.29) is 23.8 Å². The Kier molecular flexibility index (Phi) is 4.74. The number of methoxy groups -OCH3 is 1. The van der Waals surface area contributed by atoms with Gasteiger partial charge in [-0.2, -0.15) is 0 Å². The van der Waals surface area contributed by atoms with Crippen molar-refractivity contribution in [2.24, 2.45) is 11.8 Å². The van der Waals surface area contributed by atoms with Crippen LogP contribution in [-0.4, -0.2) is 54.8 Å². The van der Waals surface area contributed by atoms with Crippen molar-refractivity contribution in [3.63, 3.8) is 0 Å². The summed E-state index contributed by atoms with van der Waals surface area (Å²) in [4.78, 5) is 23.5. The lowest BCUT2D eigenvalue weighted by Crippen LogP contribution is -2.55. The Morgan fingerprint density at radius 3 is 2.96 bits per heavy atom. The molecule has 136 valence electrons. The number of hydrogen-bond donors (Lipinski definition) is 1. The van der Waals surface area contributed by atoms with Gasteiger partial charge in [0.1, 0.15) is 12.1 Å². The summed E-state index contributed by atoms with van der Waals surface area (Å²) in [5.41, 5.74) is 0. The second-order valence-electron chi connectivity index (χ2n) is 7.26. The molecule has 25 heavy (non-hydrogen) atoms. The first kappa shape index (κ1) is 16.6. The lowest BCUT2D eigenvalue weighted by atomic mass is 9.78. The first-order valence-corrected chi connectivity index (χ1v) is 9.27. The molecule has 3 atom stereocenters. The van der Waals surface area contributed by atoms with Crippen LogP contribution in [0.4, 0.5) is 5.82 Å². The number of nitrogens with one attached hydrogen (secondary N) is 1. The summed E-state index contributed by atoms with van der Waals surface area (Å²) in [5.74, 6) is 1.87. The third-order valence-corrected chi connectivity index (χ3v) is 5.82. The summed E-state index contributed by atoms with van der Waals surface area (Å²) in [7, 11) is 1.61. The fourth-order valence-corrected chi connectivity index (χ4v) is 4.12. The number of amides is 1. The highest BCUT2D eigenvalue weighted by Gasteiger charge is 2.42. The molecule has 7 heteroatoms. The van der Waals surface area contributed by atoms with Crippen LogP contribution in [0.25, 0.3) is 0 Å². The molecule has 2 aliphatic heterocycles. The monoisotopic (exact) mass is 346 g/mol. The van der Waals surface area contributed by atoms with Gasteiger partial charge in [-0.1, -0.05) is 0 Å². The molecular formula is C18H26N4O3. The molecular weight excluding hydrogens is 320 g/mol. The van der Waals surface area contributed by atoms with Crippen LogP contribution in [0.3, 0.4) is 0 Å². The third kappa shape index (κ3) is 3.42. The van der Waals surface area contributed by atoms with Crippen LogP contribution in [-0.2, 0) is 9.53 Å². The third-order valence-electron chi connectivity index (χ3n) is 5.82. The van der Waals surface area contributed by atoms with E-state index < -0.39 is 0 Å². The highest BCUT2D eigenvalue weighted by Crippen LogP contribution is 2.35. The van der Waals surface area contributed by atoms with Gasteiger partial charge in [0.05, 0.1) is 13.2 Å². The number of rotatable bonds is 4. The zero-order valence-corrected chi connectivity index (χ0v) is 14.7. The number of carbonyl (C=O) groups is 1. The molecule has 4 rings (SSSR count). The van der Waals surface area contributed by atoms with Crippen LogP contribution in [0.1, 0.15) is 32.1 Å². The van der Waals surface area contributed by atoms with Gasteiger partial charge in [0.15, 0.2) is 0 Å². The number of piperidine rings is 1. The van der Waals surface area contributed by atoms with Crippen molar-refractivity contribution in [3.05, 3.63) is 12.4 Å². The van der Waals surface area contributed by atoms with Gasteiger partial charge < -0.3 is 19.7 Å². The Morgan fingerprint density at radius 1 is 1.32 bits per heavy atom. The van der Waals surface area contributed by atoms with Gasteiger partial charge >= 0.3 is 0 Å². The van der Waals surface area contributed by atoms with E-state index in [1.165, 1.54) is 12.7 Å². The molecule has 1 amide bonds. The summed E-state index contributed by atoms with van der Waals surface area (Å²) in [6, 6.07) is 2.24. The maximum Gasteiger partial charge on any atom is 0.223 e. The van der Waals surface area contributed by atoms with Gasteiger partial charge in [0.2, 0.25) is 11.8 Å². The van der Waals surface area contributed by atoms with E-state index in [9.17, 15) is 4.79 Å². The van der Waals surface area contributed by atoms with E-state index in [0.717, 1.165) is 44.6 Å². The molecule has 2 saturated heterocycles. The number of hydrogen-bond acceptors (Lipinski definition) is 6. The number of ether oxygens (including phenoxy) is 2. The Morgan fingerprint density at radius 2 is 2.20 bits per heavy atom. The van der Waals surface area contributed by atoms with Crippen LogP contribution < -0.4 is 15.0 Å². The van der Waals surface area contributed by atoms with E-state index in [0.29, 0.717) is 18.5 Å². The molecule has 1 aromatic heterocycles. The molecule has 3 fully saturated rings. The molecule has 3 aliphatic rings. The van der Waals surface area contributed by atoms with Crippen molar-refractivity contribution in [2.45, 2.75) is 44.2 Å². The summed E-state index contributed by atoms with van der Waals surface area (Å²) in [6.45, 7) is 2.34. The lowest BCUT2D eigenvalue weighted by molar-refractivity contribution is -0.138. The van der Waals surface area contributed by atoms with Gasteiger partial charge in [0.25, 0.3) is 0 Å². The van der Waals surface area contributed by atoms with Crippen LogP contribution >= 0.6 is 0 Å². The molecule has 1 N–H and O–H groups in total. The summed E-state index contributed by atoms with van der Waals surface area (Å²) < 4.78 is 11.2. The van der Waals surface area contributed by atoms with Crippen molar-refractivity contribution >= 4 is 11.7 Å². The number of fused-ring (bicyclic) bond motifs is 1. The quantitative estimate of drug-likeness (QED) is 0.888. The normalized spacial score (nSPS) is 29.5. The lowest BCUT2D eigenvalue weighted by Gasteiger charge is -2.45. The first-order valence-electron chi connectivity index (χ1n) is 9.27. The Balaban J connectivity index is 1.47. The zero-order valence-electron chi connectivity index (χ0n) is 14.7. The zero-order chi connectivity index (χ0) is 17.2. The largest absolute Gasteiger partial charge is 0.481 e. The Hall–Kier alpha value is -1.89. The van der Waals surface area contributed by atoms with Gasteiger partial charge in [-0.3, -0.25) is 4.79 Å². The number of anilines is 1. The van der Waals surface area contributed by atoms with Crippen molar-refractivity contribution in [3.8, 4) is 5.88 Å². The van der Waals surface area contributed by atoms with Gasteiger partial charge in [-0.05, 0) is 32.1 Å². The van der Waals surface area contributed by atoms with Crippen LogP contribution in [0.2, 0.25) is 0 Å². The summed E-state index contributed by atoms with van der Waals surface area (Å²) in [5, 5.41) is 3.23. The first-order chi connectivity index (χ1) is 12.2. The summed E-state index contributed by atoms with van der Waals surface area (Å²) in [6.07, 6.45) is 6.90. The highest BCUT2D eigenvalue weighted by atomic mass is 16.5. The molecule has 0 radical (unpaired) electrons. The highest BCUT2D eigenvalue weighted by molar-refractivity contribution is 5.79. The van der Waals surface area contributed by atoms with Crippen molar-refractivity contribution < 1.29 is 14.3 Å². The maximum absolute atomic E-state index is 12.8. The smallest absolute Gasteiger partial charge is 0.223 e. The van der Waals surface area contributed by atoms with Gasteiger partial charge in [-0.15, -0.1) is 0 Å². The summed E-state index contributed by atoms with van der Waals surface area (Å²) >= 11 is 0. The number of nitrogens with zero attached hydrogens (tertiary/aromatic N) is 3. The SMILES string of the molecule is COc1cc(N2CC[C@@H]3OCC[C@H](C(=O)NC4CCC4)[C@@H]3C2)ncn1. The predicted molar refractivity (Wildman–Crippen MR) is 92.5 cm³/mol. The molecule has 1 aliphatic carbocycles. The fraction of sp³-hybridized carbons (Fsp3) is 0.722. The minimum atomic E-state index is 0.0332. The van der Waals surface area contributed by atoms with Crippen LogP contribution in [0.15, 0.2) is 12.4 Å². The van der Waals surface area contributed by atoms with Crippen molar-refractivity contribution in [2.75, 3.05) is 31.7 Å². The topological polar surface area (TPSA) is 76.6 Å². The second-order valence-corrected chi connectivity index (χ2v) is 7.26. The average molecular weight is 346 g/mol. The minimum absolute atomic E-state index is 0.0332. The van der Waals surface area contributed by atoms with Crippen LogP contribution in [0.5, 0.6) is 5.88 Å². The van der Waals surface area contributed by atoms with Crippen molar-refractivity contribution in [1.29, 1.82) is 0 Å². The van der Waals surface area contributed by atoms with Crippen molar-refractivity contribution in [1.82, 2.24) is 15.3 Å². The fourth-order valence-electron chi connectivity index (χ4n) is 4.12. The van der Waals surface area contributed by atoms with Gasteiger partial charge in [0, 0.05) is 43.6 Å². The van der Waals surface area contributed by atoms with Crippen LogP contribution in [0, 0.1) is 11.8 Å². The Labute approximate surface area is 148 Å². The van der Waals surface area contributed by atoms with E-state index in [1.54, 1.807) is 7.11 Å². The predicted octanol–water partition coefficient (Wildman–Crippen LogP) is 1.39. The molecule has 0 spiro atoms. The Bertz CT molecular complexity index is 622. The van der Waals surface area contributed by atoms with E-state index in [2.05, 4.69) is 20.2 Å². The van der Waals surface area contributed by atoms with Gasteiger partial charge in [-0.25, -0.2) is 9.97 Å². The molecule has 0 aromatic carbocycles. The standard InChI is InChI=1S/C18H26N4O3/c1-24-17-9-16(19-11-20-17)22-7-5-15-14(10-22)13(6-8-25-15)18(23)21-12-3-2-4-12/h9,11-15H,2-8,10H2,1H3,(H,21,23)/t13-,14-,15-/m0/s1. The average Bonchev–Trinajstić information content (AvgIpc) is 2.63. The number of aromatic nitrogens is 2. The molecule has 7 nitrogen and oxygen atoms in total. The molecule has 1 saturated carbocycles. The van der Waals surface area contributed by atoms with E-state index >= 15 is 0 Å².